The van der Waals surface area contributed by atoms with Crippen LogP contribution < -0.4 is 5.32 Å². The molecule has 14 heavy (non-hydrogen) atoms. The van der Waals surface area contributed by atoms with Crippen LogP contribution in [0.2, 0.25) is 0 Å². The average Bonchev–Trinajstić information content (AvgIpc) is 2.25. The lowest BCUT2D eigenvalue weighted by Crippen LogP contribution is -2.06. The van der Waals surface area contributed by atoms with Gasteiger partial charge in [-0.2, -0.15) is 0 Å². The van der Waals surface area contributed by atoms with Crippen LogP contribution in [0.25, 0.3) is 0 Å². The van der Waals surface area contributed by atoms with E-state index in [9.17, 15) is 0 Å². The van der Waals surface area contributed by atoms with Crippen LogP contribution in [0.5, 0.6) is 0 Å². The zero-order valence-corrected chi connectivity index (χ0v) is 9.13. The molecule has 0 aliphatic carbocycles. The van der Waals surface area contributed by atoms with Gasteiger partial charge in [0.25, 0.3) is 0 Å². The molecule has 0 fully saturated rings. The fourth-order valence-electron chi connectivity index (χ4n) is 1.63. The lowest BCUT2D eigenvalue weighted by atomic mass is 10.1. The molecule has 0 aromatic heterocycles. The van der Waals surface area contributed by atoms with Crippen molar-refractivity contribution in [1.82, 2.24) is 5.32 Å². The lowest BCUT2D eigenvalue weighted by Gasteiger charge is -2.01. The highest BCUT2D eigenvalue weighted by Crippen LogP contribution is 2.06. The van der Waals surface area contributed by atoms with Crippen LogP contribution in [0.1, 0.15) is 31.2 Å². The molecule has 0 heterocycles. The second-order valence-electron chi connectivity index (χ2n) is 3.75. The molecule has 0 saturated heterocycles. The van der Waals surface area contributed by atoms with E-state index in [2.05, 4.69) is 35.6 Å². The van der Waals surface area contributed by atoms with E-state index in [0.717, 1.165) is 6.54 Å². The Morgan fingerprint density at radius 1 is 0.929 bits per heavy atom. The largest absolute Gasteiger partial charge is 0.320 e. The van der Waals surface area contributed by atoms with Crippen molar-refractivity contribution in [1.29, 1.82) is 0 Å². The van der Waals surface area contributed by atoms with E-state index in [1.54, 1.807) is 0 Å². The van der Waals surface area contributed by atoms with Crippen LogP contribution in [-0.2, 0) is 6.42 Å². The predicted octanol–water partition coefficient (Wildman–Crippen LogP) is 3.01. The Bertz CT molecular complexity index is 218. The standard InChI is InChI=1S/C13H21N/c1-14-12-8-3-2-5-9-13-10-6-4-7-11-13/h4,6-7,10-11,14H,2-3,5,8-9,12H2,1H3. The number of hydrogen-bond donors (Lipinski definition) is 1. The Kier molecular flexibility index (Phi) is 6.09. The van der Waals surface area contributed by atoms with Crippen molar-refractivity contribution in [2.75, 3.05) is 13.6 Å². The smallest absolute Gasteiger partial charge is 0.00519 e. The van der Waals surface area contributed by atoms with Gasteiger partial charge in [0, 0.05) is 0 Å². The molecule has 1 nitrogen and oxygen atoms in total. The minimum Gasteiger partial charge on any atom is -0.320 e. The first-order chi connectivity index (χ1) is 6.93. The third-order valence-electron chi connectivity index (χ3n) is 2.49. The molecule has 1 aromatic carbocycles. The molecule has 0 unspecified atom stereocenters. The third-order valence-corrected chi connectivity index (χ3v) is 2.49. The molecule has 78 valence electrons. The molecule has 0 aliphatic heterocycles. The summed E-state index contributed by atoms with van der Waals surface area (Å²) in [6, 6.07) is 10.8. The fraction of sp³-hybridized carbons (Fsp3) is 0.538. The van der Waals surface area contributed by atoms with Crippen LogP contribution in [0.4, 0.5) is 0 Å². The van der Waals surface area contributed by atoms with Crippen LogP contribution in [0.15, 0.2) is 30.3 Å². The molecule has 0 bridgehead atoms. The molecular formula is C13H21N. The molecule has 0 spiro atoms. The average molecular weight is 191 g/mol. The van der Waals surface area contributed by atoms with Crippen LogP contribution in [0, 0.1) is 0 Å². The number of aryl methyl sites for hydroxylation is 1. The summed E-state index contributed by atoms with van der Waals surface area (Å²) >= 11 is 0. The van der Waals surface area contributed by atoms with Gasteiger partial charge in [-0.3, -0.25) is 0 Å². The second kappa shape index (κ2) is 7.57. The molecular weight excluding hydrogens is 170 g/mol. The third kappa shape index (κ3) is 5.03. The maximum Gasteiger partial charge on any atom is -0.00519 e. The minimum atomic E-state index is 1.16. The molecule has 0 atom stereocenters. The monoisotopic (exact) mass is 191 g/mol. The Morgan fingerprint density at radius 3 is 2.36 bits per heavy atom. The highest BCUT2D eigenvalue weighted by atomic mass is 14.8. The first-order valence-electron chi connectivity index (χ1n) is 5.62. The molecule has 0 aliphatic rings. The van der Waals surface area contributed by atoms with Gasteiger partial charge in [-0.05, 0) is 38.4 Å². The van der Waals surface area contributed by atoms with Gasteiger partial charge >= 0.3 is 0 Å². The molecule has 0 radical (unpaired) electrons. The topological polar surface area (TPSA) is 12.0 Å². The molecule has 1 N–H and O–H groups in total. The number of rotatable bonds is 7. The van der Waals surface area contributed by atoms with Gasteiger partial charge in [-0.15, -0.1) is 0 Å². The summed E-state index contributed by atoms with van der Waals surface area (Å²) in [6.07, 6.45) is 6.59. The Hall–Kier alpha value is -0.820. The Balaban J connectivity index is 1.99. The highest BCUT2D eigenvalue weighted by Gasteiger charge is 1.92. The Labute approximate surface area is 87.5 Å². The molecule has 0 amide bonds. The summed E-state index contributed by atoms with van der Waals surface area (Å²) in [4.78, 5) is 0. The van der Waals surface area contributed by atoms with Crippen molar-refractivity contribution in [3.05, 3.63) is 35.9 Å². The number of unbranched alkanes of at least 4 members (excludes halogenated alkanes) is 3. The maximum absolute atomic E-state index is 3.18. The number of nitrogens with one attached hydrogen (secondary N) is 1. The number of hydrogen-bond acceptors (Lipinski definition) is 1. The highest BCUT2D eigenvalue weighted by molar-refractivity contribution is 5.14. The van der Waals surface area contributed by atoms with Gasteiger partial charge in [0.1, 0.15) is 0 Å². The first-order valence-corrected chi connectivity index (χ1v) is 5.62. The van der Waals surface area contributed by atoms with Crippen molar-refractivity contribution in [3.8, 4) is 0 Å². The molecule has 1 heteroatoms. The summed E-state index contributed by atoms with van der Waals surface area (Å²) in [5.74, 6) is 0. The summed E-state index contributed by atoms with van der Waals surface area (Å²) in [5.41, 5.74) is 1.47. The Morgan fingerprint density at radius 2 is 1.64 bits per heavy atom. The summed E-state index contributed by atoms with van der Waals surface area (Å²) < 4.78 is 0. The molecule has 0 saturated carbocycles. The van der Waals surface area contributed by atoms with Crippen LogP contribution in [0.3, 0.4) is 0 Å². The number of benzene rings is 1. The normalized spacial score (nSPS) is 10.4. The van der Waals surface area contributed by atoms with Crippen molar-refractivity contribution in [2.45, 2.75) is 32.1 Å². The van der Waals surface area contributed by atoms with Gasteiger partial charge in [0.15, 0.2) is 0 Å². The summed E-state index contributed by atoms with van der Waals surface area (Å²) in [6.45, 7) is 1.16. The summed E-state index contributed by atoms with van der Waals surface area (Å²) in [7, 11) is 2.02. The van der Waals surface area contributed by atoms with Crippen molar-refractivity contribution < 1.29 is 0 Å². The van der Waals surface area contributed by atoms with Gasteiger partial charge in [0.2, 0.25) is 0 Å². The first kappa shape index (κ1) is 11.3. The van der Waals surface area contributed by atoms with E-state index in [1.165, 1.54) is 37.7 Å². The van der Waals surface area contributed by atoms with Gasteiger partial charge in [-0.25, -0.2) is 0 Å². The molecule has 1 rings (SSSR count). The summed E-state index contributed by atoms with van der Waals surface area (Å²) in [5, 5.41) is 3.18. The van der Waals surface area contributed by atoms with E-state index in [-0.39, 0.29) is 0 Å². The van der Waals surface area contributed by atoms with Crippen molar-refractivity contribution in [3.63, 3.8) is 0 Å². The van der Waals surface area contributed by atoms with Gasteiger partial charge in [-0.1, -0.05) is 43.2 Å². The van der Waals surface area contributed by atoms with Crippen LogP contribution in [-0.4, -0.2) is 13.6 Å². The lowest BCUT2D eigenvalue weighted by molar-refractivity contribution is 0.616. The van der Waals surface area contributed by atoms with E-state index < -0.39 is 0 Å². The van der Waals surface area contributed by atoms with Crippen molar-refractivity contribution >= 4 is 0 Å². The predicted molar refractivity (Wildman–Crippen MR) is 62.5 cm³/mol. The van der Waals surface area contributed by atoms with Gasteiger partial charge < -0.3 is 5.32 Å². The second-order valence-corrected chi connectivity index (χ2v) is 3.75. The minimum absolute atomic E-state index is 1.16. The van der Waals surface area contributed by atoms with Gasteiger partial charge in [0.05, 0.1) is 0 Å². The fourth-order valence-corrected chi connectivity index (χ4v) is 1.63. The van der Waals surface area contributed by atoms with E-state index >= 15 is 0 Å². The van der Waals surface area contributed by atoms with E-state index in [1.807, 2.05) is 7.05 Å². The quantitative estimate of drug-likeness (QED) is 0.653. The van der Waals surface area contributed by atoms with Crippen LogP contribution >= 0.6 is 0 Å². The SMILES string of the molecule is CNCCCCCCc1ccccc1. The van der Waals surface area contributed by atoms with E-state index in [0.29, 0.717) is 0 Å². The van der Waals surface area contributed by atoms with Crippen molar-refractivity contribution in [2.24, 2.45) is 0 Å². The maximum atomic E-state index is 3.18. The molecule has 1 aromatic rings. The zero-order chi connectivity index (χ0) is 10.1. The van der Waals surface area contributed by atoms with E-state index in [4.69, 9.17) is 0 Å². The zero-order valence-electron chi connectivity index (χ0n) is 9.13.